The van der Waals surface area contributed by atoms with Crippen LogP contribution < -0.4 is 29.6 Å². The predicted molar refractivity (Wildman–Crippen MR) is 73.3 cm³/mol. The third kappa shape index (κ3) is 4.81. The van der Waals surface area contributed by atoms with Crippen LogP contribution in [-0.4, -0.2) is 11.2 Å². The number of allylic oxidation sites excluding steroid dienone is 1. The van der Waals surface area contributed by atoms with Gasteiger partial charge in [0, 0.05) is 0 Å². The van der Waals surface area contributed by atoms with Crippen molar-refractivity contribution >= 4 is 29.0 Å². The van der Waals surface area contributed by atoms with E-state index in [4.69, 9.17) is 22.7 Å². The Labute approximate surface area is 138 Å². The topological polar surface area (TPSA) is 61.7 Å². The molecule has 0 heterocycles. The standard InChI is InChI=1S/C12H9N3S2.Na/c1-17-12(10(7-13)8-14)15-11(16)9-5-3-2-4-6-9;/h2-6H,1H3,(H,15,16);/q;+1/p-1. The minimum absolute atomic E-state index is 0. The van der Waals surface area contributed by atoms with Crippen molar-refractivity contribution in [2.24, 2.45) is 0 Å². The van der Waals surface area contributed by atoms with Gasteiger partial charge in [-0.05, 0) is 11.8 Å². The smallest absolute Gasteiger partial charge is 0.641 e. The Balaban J connectivity index is 0.00000289. The number of hydrogen-bond acceptors (Lipinski definition) is 4. The molecule has 1 aromatic rings. The van der Waals surface area contributed by atoms with Crippen LogP contribution in [0.25, 0.3) is 5.32 Å². The normalized spacial score (nSPS) is 8.17. The third-order valence-corrected chi connectivity index (χ3v) is 2.86. The van der Waals surface area contributed by atoms with Gasteiger partial charge in [0.05, 0.1) is 0 Å². The van der Waals surface area contributed by atoms with Gasteiger partial charge in [-0.25, -0.2) is 0 Å². The minimum atomic E-state index is -0.0178. The second kappa shape index (κ2) is 9.16. The average molecular weight is 281 g/mol. The molecule has 0 N–H and O–H groups in total. The summed E-state index contributed by atoms with van der Waals surface area (Å²) in [7, 11) is 0. The first-order valence-corrected chi connectivity index (χ1v) is 6.25. The van der Waals surface area contributed by atoms with Crippen LogP contribution in [0.5, 0.6) is 0 Å². The van der Waals surface area contributed by atoms with Crippen LogP contribution in [0.3, 0.4) is 0 Å². The molecule has 84 valence electrons. The second-order valence-electron chi connectivity index (χ2n) is 2.89. The Bertz CT molecular complexity index is 510. The van der Waals surface area contributed by atoms with Gasteiger partial charge in [0.15, 0.2) is 0 Å². The number of thiocarbonyl (C=S) groups is 1. The molecule has 3 nitrogen and oxygen atoms in total. The number of rotatable bonds is 3. The van der Waals surface area contributed by atoms with Crippen molar-refractivity contribution < 1.29 is 29.6 Å². The molecule has 0 amide bonds. The molecule has 0 saturated heterocycles. The van der Waals surface area contributed by atoms with E-state index in [-0.39, 0.29) is 35.1 Å². The van der Waals surface area contributed by atoms with Crippen LogP contribution in [0, 0.1) is 22.7 Å². The molecule has 1 aromatic carbocycles. The molecule has 0 aromatic heterocycles. The van der Waals surface area contributed by atoms with Crippen LogP contribution in [0.2, 0.25) is 0 Å². The van der Waals surface area contributed by atoms with Gasteiger partial charge in [0.25, 0.3) is 0 Å². The summed E-state index contributed by atoms with van der Waals surface area (Å²) < 4.78 is 0. The number of hydrogen-bond donors (Lipinski definition) is 0. The van der Waals surface area contributed by atoms with Crippen molar-refractivity contribution in [3.8, 4) is 12.1 Å². The molecule has 0 fully saturated rings. The Morgan fingerprint density at radius 1 is 1.22 bits per heavy atom. The van der Waals surface area contributed by atoms with Crippen molar-refractivity contribution in [1.82, 2.24) is 0 Å². The van der Waals surface area contributed by atoms with Crippen LogP contribution in [0.15, 0.2) is 40.9 Å². The van der Waals surface area contributed by atoms with E-state index in [1.807, 2.05) is 30.3 Å². The predicted octanol–water partition coefficient (Wildman–Crippen LogP) is 0.362. The molecule has 0 radical (unpaired) electrons. The molecule has 1 rings (SSSR count). The monoisotopic (exact) mass is 281 g/mol. The molecular weight excluding hydrogens is 273 g/mol. The fraction of sp³-hybridized carbons (Fsp3) is 0.0833. The van der Waals surface area contributed by atoms with E-state index in [1.165, 1.54) is 11.8 Å². The molecule has 0 unspecified atom stereocenters. The molecule has 18 heavy (non-hydrogen) atoms. The van der Waals surface area contributed by atoms with Gasteiger partial charge in [-0.1, -0.05) is 40.3 Å². The Morgan fingerprint density at radius 2 is 1.78 bits per heavy atom. The summed E-state index contributed by atoms with van der Waals surface area (Å²) in [6.45, 7) is 0. The summed E-state index contributed by atoms with van der Waals surface area (Å²) in [5.41, 5.74) is 0.778. The van der Waals surface area contributed by atoms with Crippen LogP contribution in [0.4, 0.5) is 0 Å². The Kier molecular flexibility index (Phi) is 8.74. The van der Waals surface area contributed by atoms with Gasteiger partial charge in [-0.15, -0.1) is 12.2 Å². The quantitative estimate of drug-likeness (QED) is 0.456. The van der Waals surface area contributed by atoms with Crippen molar-refractivity contribution in [3.63, 3.8) is 0 Å². The van der Waals surface area contributed by atoms with Gasteiger partial charge < -0.3 is 5.32 Å². The number of nitrogens with zero attached hydrogens (tertiary/aromatic N) is 3. The summed E-state index contributed by atoms with van der Waals surface area (Å²) in [5, 5.41) is 22.0. The molecule has 0 aliphatic carbocycles. The van der Waals surface area contributed by atoms with E-state index in [0.29, 0.717) is 10.0 Å². The van der Waals surface area contributed by atoms with Crippen molar-refractivity contribution in [2.75, 3.05) is 6.26 Å². The van der Waals surface area contributed by atoms with Gasteiger partial charge in [-0.2, -0.15) is 22.3 Å². The summed E-state index contributed by atoms with van der Waals surface area (Å²) >= 11 is 6.38. The molecule has 0 aliphatic heterocycles. The summed E-state index contributed by atoms with van der Waals surface area (Å²) in [6, 6.07) is 12.9. The largest absolute Gasteiger partial charge is 1.00 e. The summed E-state index contributed by atoms with van der Waals surface area (Å²) in [5.74, 6) is 0. The zero-order chi connectivity index (χ0) is 12.7. The third-order valence-electron chi connectivity index (χ3n) is 1.85. The molecule has 0 saturated carbocycles. The van der Waals surface area contributed by atoms with Gasteiger partial charge in [0.2, 0.25) is 0 Å². The van der Waals surface area contributed by atoms with Crippen molar-refractivity contribution in [3.05, 3.63) is 51.8 Å². The van der Waals surface area contributed by atoms with Crippen LogP contribution >= 0.6 is 24.0 Å². The van der Waals surface area contributed by atoms with Crippen LogP contribution in [0.1, 0.15) is 5.56 Å². The molecule has 0 spiro atoms. The average Bonchev–Trinajstić information content (AvgIpc) is 2.39. The fourth-order valence-electron chi connectivity index (χ4n) is 1.06. The molecular formula is C12H8N3NaS2. The van der Waals surface area contributed by atoms with Gasteiger partial charge in [-0.3, -0.25) is 0 Å². The van der Waals surface area contributed by atoms with E-state index in [2.05, 4.69) is 5.32 Å². The van der Waals surface area contributed by atoms with E-state index < -0.39 is 0 Å². The van der Waals surface area contributed by atoms with Crippen molar-refractivity contribution in [2.45, 2.75) is 0 Å². The Morgan fingerprint density at radius 3 is 2.22 bits per heavy atom. The number of benzene rings is 1. The van der Waals surface area contributed by atoms with Gasteiger partial charge in [0.1, 0.15) is 17.7 Å². The first-order valence-electron chi connectivity index (χ1n) is 4.62. The molecule has 0 atom stereocenters. The first-order chi connectivity index (χ1) is 8.22. The maximum absolute atomic E-state index is 8.76. The molecule has 0 bridgehead atoms. The second-order valence-corrected chi connectivity index (χ2v) is 4.07. The minimum Gasteiger partial charge on any atom is -0.641 e. The summed E-state index contributed by atoms with van der Waals surface area (Å²) in [4.78, 5) is 0.373. The van der Waals surface area contributed by atoms with E-state index in [0.717, 1.165) is 5.56 Å². The summed E-state index contributed by atoms with van der Waals surface area (Å²) in [6.07, 6.45) is 1.75. The Hall–Kier alpha value is -0.820. The van der Waals surface area contributed by atoms with E-state index in [9.17, 15) is 0 Å². The maximum atomic E-state index is 8.76. The zero-order valence-electron chi connectivity index (χ0n) is 10.0. The SMILES string of the molecule is CSC([N-]C(=S)c1ccccc1)=C(C#N)C#N.[Na+]. The van der Waals surface area contributed by atoms with E-state index >= 15 is 0 Å². The fourth-order valence-corrected chi connectivity index (χ4v) is 1.82. The first kappa shape index (κ1) is 17.2. The van der Waals surface area contributed by atoms with Crippen molar-refractivity contribution in [1.29, 1.82) is 10.5 Å². The number of nitriles is 2. The molecule has 0 aliphatic rings. The zero-order valence-corrected chi connectivity index (χ0v) is 13.7. The van der Waals surface area contributed by atoms with E-state index in [1.54, 1.807) is 18.4 Å². The van der Waals surface area contributed by atoms with Gasteiger partial charge >= 0.3 is 29.6 Å². The number of thioether (sulfide) groups is 1. The maximum Gasteiger partial charge on any atom is 1.00 e. The molecule has 6 heteroatoms. The van der Waals surface area contributed by atoms with Crippen LogP contribution in [-0.2, 0) is 0 Å².